The van der Waals surface area contributed by atoms with E-state index in [0.717, 1.165) is 22.2 Å². The Morgan fingerprint density at radius 1 is 1.10 bits per heavy atom. The summed E-state index contributed by atoms with van der Waals surface area (Å²) in [4.78, 5) is 0.709. The number of hydrogen-bond donors (Lipinski definition) is 0. The lowest BCUT2D eigenvalue weighted by molar-refractivity contribution is 0.405. The Morgan fingerprint density at radius 2 is 1.76 bits per heavy atom. The second kappa shape index (κ2) is 5.62. The number of alkyl halides is 1. The van der Waals surface area contributed by atoms with Gasteiger partial charge in [0.1, 0.15) is 17.4 Å². The molecule has 0 aliphatic rings. The highest BCUT2D eigenvalue weighted by molar-refractivity contribution is 7.19. The van der Waals surface area contributed by atoms with Gasteiger partial charge >= 0.3 is 0 Å². The maximum Gasteiger partial charge on any atom is 0.134 e. The molecule has 0 fully saturated rings. The van der Waals surface area contributed by atoms with E-state index in [-0.39, 0.29) is 11.3 Å². The van der Waals surface area contributed by atoms with E-state index in [1.54, 1.807) is 0 Å². The van der Waals surface area contributed by atoms with Gasteiger partial charge in [-0.25, -0.2) is 8.78 Å². The molecule has 21 heavy (non-hydrogen) atoms. The molecule has 1 heterocycles. The third-order valence-corrected chi connectivity index (χ3v) is 5.00. The second-order valence-corrected chi connectivity index (χ2v) is 6.11. The van der Waals surface area contributed by atoms with E-state index in [1.807, 2.05) is 30.3 Å². The molecule has 0 saturated carbocycles. The summed E-state index contributed by atoms with van der Waals surface area (Å²) in [6.07, 6.45) is 0. The van der Waals surface area contributed by atoms with Gasteiger partial charge in [0.25, 0.3) is 0 Å². The molecule has 0 bridgehead atoms. The molecule has 2 aromatic carbocycles. The Morgan fingerprint density at radius 3 is 2.38 bits per heavy atom. The first-order valence-corrected chi connectivity index (χ1v) is 7.51. The van der Waals surface area contributed by atoms with Crippen LogP contribution in [0.3, 0.4) is 0 Å². The van der Waals surface area contributed by atoms with Crippen LogP contribution in [0.4, 0.5) is 8.78 Å². The van der Waals surface area contributed by atoms with Crippen molar-refractivity contribution in [3.05, 3.63) is 64.5 Å². The molecule has 0 radical (unpaired) electrons. The topological polar surface area (TPSA) is 9.23 Å². The summed E-state index contributed by atoms with van der Waals surface area (Å²) in [6.45, 7) is 0. The van der Waals surface area contributed by atoms with Crippen molar-refractivity contribution in [3.8, 4) is 5.75 Å². The fraction of sp³-hybridized carbons (Fsp3) is 0.125. The molecule has 1 unspecified atom stereocenters. The molecule has 0 amide bonds. The number of thiophene rings is 1. The Labute approximate surface area is 129 Å². The van der Waals surface area contributed by atoms with E-state index in [9.17, 15) is 8.78 Å². The van der Waals surface area contributed by atoms with Crippen molar-refractivity contribution in [1.82, 2.24) is 0 Å². The van der Waals surface area contributed by atoms with E-state index in [2.05, 4.69) is 0 Å². The molecule has 3 rings (SSSR count). The van der Waals surface area contributed by atoms with Crippen LogP contribution < -0.4 is 4.74 Å². The smallest absolute Gasteiger partial charge is 0.134 e. The predicted octanol–water partition coefficient (Wildman–Crippen LogP) is 5.52. The number of fused-ring (bicyclic) bond motifs is 1. The summed E-state index contributed by atoms with van der Waals surface area (Å²) < 4.78 is 34.1. The largest absolute Gasteiger partial charge is 0.497 e. The average molecular weight is 325 g/mol. The maximum absolute atomic E-state index is 14.1. The summed E-state index contributed by atoms with van der Waals surface area (Å²) >= 11 is 7.73. The molecule has 0 N–H and O–H groups in total. The third kappa shape index (κ3) is 2.61. The fourth-order valence-corrected chi connectivity index (χ4v) is 3.65. The van der Waals surface area contributed by atoms with Gasteiger partial charge in [0.05, 0.1) is 12.5 Å². The Balaban J connectivity index is 2.07. The number of rotatable bonds is 3. The molecule has 1 aromatic heterocycles. The van der Waals surface area contributed by atoms with E-state index in [1.165, 1.54) is 18.4 Å². The molecule has 0 spiro atoms. The molecule has 1 atom stereocenters. The molecule has 5 heteroatoms. The molecular weight excluding hydrogens is 314 g/mol. The fourth-order valence-electron chi connectivity index (χ4n) is 2.19. The first kappa shape index (κ1) is 14.3. The maximum atomic E-state index is 14.1. The SMILES string of the molecule is COc1cc(F)c(C(Cl)c2cc3ccccc3s2)c(F)c1. The zero-order chi connectivity index (χ0) is 15.0. The van der Waals surface area contributed by atoms with Gasteiger partial charge in [0.2, 0.25) is 0 Å². The van der Waals surface area contributed by atoms with Crippen LogP contribution >= 0.6 is 22.9 Å². The van der Waals surface area contributed by atoms with Crippen LogP contribution in [0.25, 0.3) is 10.1 Å². The van der Waals surface area contributed by atoms with Crippen molar-refractivity contribution < 1.29 is 13.5 Å². The molecule has 0 aliphatic carbocycles. The van der Waals surface area contributed by atoms with Crippen molar-refractivity contribution in [1.29, 1.82) is 0 Å². The molecule has 0 aliphatic heterocycles. The van der Waals surface area contributed by atoms with Crippen LogP contribution in [0.5, 0.6) is 5.75 Å². The predicted molar refractivity (Wildman–Crippen MR) is 82.4 cm³/mol. The first-order chi connectivity index (χ1) is 10.1. The van der Waals surface area contributed by atoms with Crippen LogP contribution in [-0.4, -0.2) is 7.11 Å². The molecule has 0 saturated heterocycles. The van der Waals surface area contributed by atoms with Gasteiger partial charge in [0, 0.05) is 27.3 Å². The van der Waals surface area contributed by atoms with Gasteiger partial charge < -0.3 is 4.74 Å². The first-order valence-electron chi connectivity index (χ1n) is 6.25. The Bertz CT molecular complexity index is 744. The van der Waals surface area contributed by atoms with Gasteiger partial charge in [0.15, 0.2) is 0 Å². The summed E-state index contributed by atoms with van der Waals surface area (Å²) in [6, 6.07) is 11.9. The van der Waals surface area contributed by atoms with Crippen LogP contribution in [-0.2, 0) is 0 Å². The zero-order valence-corrected chi connectivity index (χ0v) is 12.6. The molecule has 108 valence electrons. The average Bonchev–Trinajstić information content (AvgIpc) is 2.90. The number of ether oxygens (including phenoxy) is 1. The second-order valence-electron chi connectivity index (χ2n) is 4.55. The summed E-state index contributed by atoms with van der Waals surface area (Å²) in [7, 11) is 1.36. The lowest BCUT2D eigenvalue weighted by Crippen LogP contribution is -2.00. The van der Waals surface area contributed by atoms with Crippen molar-refractivity contribution >= 4 is 33.0 Å². The van der Waals surface area contributed by atoms with Crippen molar-refractivity contribution in [2.24, 2.45) is 0 Å². The van der Waals surface area contributed by atoms with Crippen molar-refractivity contribution in [2.75, 3.05) is 7.11 Å². The van der Waals surface area contributed by atoms with Crippen LogP contribution in [0.1, 0.15) is 15.8 Å². The summed E-state index contributed by atoms with van der Waals surface area (Å²) in [5, 5.41) is 0.144. The van der Waals surface area contributed by atoms with E-state index >= 15 is 0 Å². The lowest BCUT2D eigenvalue weighted by atomic mass is 10.1. The molecule has 1 nitrogen and oxygen atoms in total. The standard InChI is InChI=1S/C16H11ClF2OS/c1-20-10-7-11(18)15(12(19)8-10)16(17)14-6-9-4-2-3-5-13(9)21-14/h2-8,16H,1H3. The summed E-state index contributed by atoms with van der Waals surface area (Å²) in [5.41, 5.74) is -0.149. The number of halogens is 3. The number of methoxy groups -OCH3 is 1. The van der Waals surface area contributed by atoms with Crippen LogP contribution in [0, 0.1) is 11.6 Å². The van der Waals surface area contributed by atoms with E-state index in [0.29, 0.717) is 4.88 Å². The number of hydrogen-bond acceptors (Lipinski definition) is 2. The van der Waals surface area contributed by atoms with Crippen LogP contribution in [0.2, 0.25) is 0 Å². The normalized spacial score (nSPS) is 12.6. The van der Waals surface area contributed by atoms with E-state index < -0.39 is 17.0 Å². The number of benzene rings is 2. The monoisotopic (exact) mass is 324 g/mol. The van der Waals surface area contributed by atoms with Gasteiger partial charge in [-0.3, -0.25) is 0 Å². The Kier molecular flexibility index (Phi) is 3.83. The molecular formula is C16H11ClF2OS. The lowest BCUT2D eigenvalue weighted by Gasteiger charge is -2.11. The Hall–Kier alpha value is -1.65. The highest BCUT2D eigenvalue weighted by atomic mass is 35.5. The minimum absolute atomic E-state index is 0.133. The molecule has 3 aromatic rings. The van der Waals surface area contributed by atoms with E-state index in [4.69, 9.17) is 16.3 Å². The van der Waals surface area contributed by atoms with Crippen LogP contribution in [0.15, 0.2) is 42.5 Å². The zero-order valence-electron chi connectivity index (χ0n) is 11.1. The van der Waals surface area contributed by atoms with Gasteiger partial charge in [-0.05, 0) is 17.5 Å². The van der Waals surface area contributed by atoms with Gasteiger partial charge in [-0.15, -0.1) is 22.9 Å². The third-order valence-electron chi connectivity index (χ3n) is 3.24. The van der Waals surface area contributed by atoms with Crippen molar-refractivity contribution in [2.45, 2.75) is 5.38 Å². The summed E-state index contributed by atoms with van der Waals surface area (Å²) in [5.74, 6) is -1.28. The van der Waals surface area contributed by atoms with Crippen molar-refractivity contribution in [3.63, 3.8) is 0 Å². The van der Waals surface area contributed by atoms with Gasteiger partial charge in [-0.1, -0.05) is 18.2 Å². The minimum Gasteiger partial charge on any atom is -0.497 e. The quantitative estimate of drug-likeness (QED) is 0.577. The minimum atomic E-state index is -0.867. The van der Waals surface area contributed by atoms with Gasteiger partial charge in [-0.2, -0.15) is 0 Å². The highest BCUT2D eigenvalue weighted by Crippen LogP contribution is 2.39. The highest BCUT2D eigenvalue weighted by Gasteiger charge is 2.23.